The first kappa shape index (κ1) is 11.9. The molecule has 0 aromatic heterocycles. The molecule has 1 aliphatic rings. The smallest absolute Gasteiger partial charge is 0.223 e. The van der Waals surface area contributed by atoms with E-state index >= 15 is 0 Å². The molecule has 0 radical (unpaired) electrons. The van der Waals surface area contributed by atoms with E-state index in [1.807, 2.05) is 4.90 Å². The van der Waals surface area contributed by atoms with Crippen LogP contribution in [0, 0.1) is 0 Å². The van der Waals surface area contributed by atoms with Crippen LogP contribution >= 0.6 is 15.9 Å². The number of amides is 1. The van der Waals surface area contributed by atoms with Crippen molar-refractivity contribution in [3.05, 3.63) is 0 Å². The molecule has 5 heteroatoms. The Kier molecular flexibility index (Phi) is 5.44. The van der Waals surface area contributed by atoms with E-state index in [4.69, 9.17) is 5.11 Å². The van der Waals surface area contributed by atoms with Gasteiger partial charge in [0.1, 0.15) is 0 Å². The summed E-state index contributed by atoms with van der Waals surface area (Å²) in [5.41, 5.74) is 0. The van der Waals surface area contributed by atoms with E-state index in [-0.39, 0.29) is 12.5 Å². The first-order valence-corrected chi connectivity index (χ1v) is 5.89. The van der Waals surface area contributed by atoms with Gasteiger partial charge < -0.3 is 15.3 Å². The second kappa shape index (κ2) is 6.37. The fraction of sp³-hybridized carbons (Fsp3) is 0.889. The lowest BCUT2D eigenvalue weighted by atomic mass is 10.4. The maximum absolute atomic E-state index is 11.3. The number of aliphatic hydroxyl groups excluding tert-OH is 1. The van der Waals surface area contributed by atoms with Crippen LogP contribution in [-0.2, 0) is 4.79 Å². The van der Waals surface area contributed by atoms with Gasteiger partial charge in [-0.25, -0.2) is 0 Å². The molecule has 82 valence electrons. The molecule has 0 aliphatic carbocycles. The summed E-state index contributed by atoms with van der Waals surface area (Å²) in [4.78, 5) is 13.6. The second-order valence-corrected chi connectivity index (χ2v) is 4.76. The van der Waals surface area contributed by atoms with Crippen molar-refractivity contribution in [1.82, 2.24) is 10.2 Å². The van der Waals surface area contributed by atoms with Crippen molar-refractivity contribution in [3.8, 4) is 0 Å². The Balaban J connectivity index is 2.04. The Morgan fingerprint density at radius 1 is 1.57 bits per heavy atom. The lowest BCUT2D eigenvalue weighted by Crippen LogP contribution is -2.29. The molecule has 0 aromatic carbocycles. The molecule has 1 saturated heterocycles. The molecule has 1 aliphatic heterocycles. The Morgan fingerprint density at radius 3 is 2.93 bits per heavy atom. The highest BCUT2D eigenvalue weighted by Gasteiger charge is 2.26. The topological polar surface area (TPSA) is 52.6 Å². The van der Waals surface area contributed by atoms with Gasteiger partial charge in [-0.05, 0) is 13.0 Å². The third-order valence-corrected chi connectivity index (χ3v) is 2.85. The van der Waals surface area contributed by atoms with E-state index in [1.54, 1.807) is 0 Å². The maximum Gasteiger partial charge on any atom is 0.223 e. The van der Waals surface area contributed by atoms with Crippen LogP contribution in [0.25, 0.3) is 0 Å². The number of halogens is 1. The minimum Gasteiger partial charge on any atom is -0.395 e. The van der Waals surface area contributed by atoms with Crippen molar-refractivity contribution in [2.75, 3.05) is 32.8 Å². The van der Waals surface area contributed by atoms with E-state index in [9.17, 15) is 4.79 Å². The summed E-state index contributed by atoms with van der Waals surface area (Å²) in [5.74, 6) is 0.244. The number of alkyl halides is 1. The van der Waals surface area contributed by atoms with E-state index in [2.05, 4.69) is 21.2 Å². The van der Waals surface area contributed by atoms with Gasteiger partial charge in [0.2, 0.25) is 5.91 Å². The Labute approximate surface area is 92.8 Å². The number of hydrogen-bond acceptors (Lipinski definition) is 3. The van der Waals surface area contributed by atoms with Crippen LogP contribution < -0.4 is 5.32 Å². The number of carbonyl (C=O) groups is 1. The van der Waals surface area contributed by atoms with Gasteiger partial charge in [-0.15, -0.1) is 0 Å². The lowest BCUT2D eigenvalue weighted by molar-refractivity contribution is -0.127. The summed E-state index contributed by atoms with van der Waals surface area (Å²) in [6.45, 7) is 3.32. The molecule has 0 aromatic rings. The van der Waals surface area contributed by atoms with Crippen molar-refractivity contribution < 1.29 is 9.90 Å². The summed E-state index contributed by atoms with van der Waals surface area (Å²) in [5, 5.41) is 11.6. The van der Waals surface area contributed by atoms with E-state index in [1.165, 1.54) is 0 Å². The largest absolute Gasteiger partial charge is 0.395 e. The number of hydrogen-bond donors (Lipinski definition) is 2. The molecule has 4 nitrogen and oxygen atoms in total. The summed E-state index contributed by atoms with van der Waals surface area (Å²) < 4.78 is 0. The molecule has 1 unspecified atom stereocenters. The number of carbonyl (C=O) groups excluding carboxylic acids is 1. The zero-order chi connectivity index (χ0) is 10.4. The van der Waals surface area contributed by atoms with Crippen LogP contribution in [0.15, 0.2) is 0 Å². The molecule has 1 atom stereocenters. The van der Waals surface area contributed by atoms with Gasteiger partial charge in [0.25, 0.3) is 0 Å². The van der Waals surface area contributed by atoms with Crippen molar-refractivity contribution in [3.63, 3.8) is 0 Å². The third-order valence-electron chi connectivity index (χ3n) is 2.24. The highest BCUT2D eigenvalue weighted by atomic mass is 79.9. The summed E-state index contributed by atoms with van der Waals surface area (Å²) in [6, 6.07) is 0. The zero-order valence-corrected chi connectivity index (χ0v) is 9.79. The van der Waals surface area contributed by atoms with Crippen LogP contribution in [0.2, 0.25) is 0 Å². The number of nitrogens with zero attached hydrogens (tertiary/aromatic N) is 1. The van der Waals surface area contributed by atoms with Crippen molar-refractivity contribution in [2.24, 2.45) is 0 Å². The molecular formula is C9H17BrN2O2. The quantitative estimate of drug-likeness (QED) is 0.523. The van der Waals surface area contributed by atoms with Crippen molar-refractivity contribution in [1.29, 1.82) is 0 Å². The molecule has 14 heavy (non-hydrogen) atoms. The summed E-state index contributed by atoms with van der Waals surface area (Å²) in [7, 11) is 0. The van der Waals surface area contributed by atoms with Gasteiger partial charge >= 0.3 is 0 Å². The minimum atomic E-state index is 0.173. The summed E-state index contributed by atoms with van der Waals surface area (Å²) in [6.07, 6.45) is 1.58. The predicted octanol–water partition coefficient (Wildman–Crippen LogP) is -0.0458. The van der Waals surface area contributed by atoms with Gasteiger partial charge in [0.15, 0.2) is 0 Å². The monoisotopic (exact) mass is 264 g/mol. The molecule has 1 amide bonds. The van der Waals surface area contributed by atoms with E-state index in [0.717, 1.165) is 26.1 Å². The maximum atomic E-state index is 11.3. The Bertz CT molecular complexity index is 190. The highest BCUT2D eigenvalue weighted by molar-refractivity contribution is 9.09. The normalized spacial score (nSPS) is 22.0. The molecule has 2 N–H and O–H groups in total. The summed E-state index contributed by atoms with van der Waals surface area (Å²) >= 11 is 3.44. The molecule has 0 spiro atoms. The molecule has 0 saturated carbocycles. The Morgan fingerprint density at radius 2 is 2.36 bits per heavy atom. The zero-order valence-electron chi connectivity index (χ0n) is 8.21. The van der Waals surface area contributed by atoms with Gasteiger partial charge in [0.05, 0.1) is 6.61 Å². The fourth-order valence-electron chi connectivity index (χ4n) is 1.54. The van der Waals surface area contributed by atoms with Crippen LogP contribution in [0.4, 0.5) is 0 Å². The van der Waals surface area contributed by atoms with E-state index < -0.39 is 0 Å². The number of nitrogens with one attached hydrogen (secondary N) is 1. The van der Waals surface area contributed by atoms with Crippen LogP contribution in [0.1, 0.15) is 12.8 Å². The van der Waals surface area contributed by atoms with Crippen LogP contribution in [0.5, 0.6) is 0 Å². The number of aliphatic hydroxyl groups is 1. The minimum absolute atomic E-state index is 0.173. The van der Waals surface area contributed by atoms with Crippen molar-refractivity contribution >= 4 is 21.8 Å². The first-order chi connectivity index (χ1) is 6.74. The fourth-order valence-corrected chi connectivity index (χ4v) is 2.17. The predicted molar refractivity (Wildman–Crippen MR) is 58.5 cm³/mol. The molecule has 1 heterocycles. The van der Waals surface area contributed by atoms with Gasteiger partial charge in [-0.2, -0.15) is 0 Å². The SMILES string of the molecule is O=C1CC(Br)CN1CCCNCCO. The second-order valence-electron chi connectivity index (χ2n) is 3.47. The lowest BCUT2D eigenvalue weighted by Gasteiger charge is -2.15. The average Bonchev–Trinajstić information content (AvgIpc) is 2.45. The van der Waals surface area contributed by atoms with Crippen LogP contribution in [0.3, 0.4) is 0 Å². The molecule has 1 fully saturated rings. The molecule has 1 rings (SSSR count). The van der Waals surface area contributed by atoms with Gasteiger partial charge in [-0.1, -0.05) is 15.9 Å². The number of likely N-dealkylation sites (tertiary alicyclic amines) is 1. The molecular weight excluding hydrogens is 248 g/mol. The van der Waals surface area contributed by atoms with Crippen LogP contribution in [-0.4, -0.2) is 53.5 Å². The standard InChI is InChI=1S/C9H17BrN2O2/c10-8-6-9(14)12(7-8)4-1-2-11-3-5-13/h8,11,13H,1-7H2. The van der Waals surface area contributed by atoms with Gasteiger partial charge in [-0.3, -0.25) is 4.79 Å². The van der Waals surface area contributed by atoms with E-state index in [0.29, 0.717) is 17.8 Å². The van der Waals surface area contributed by atoms with Gasteiger partial charge in [0, 0.05) is 30.9 Å². The first-order valence-electron chi connectivity index (χ1n) is 4.97. The molecule has 0 bridgehead atoms. The Hall–Kier alpha value is -0.130. The average molecular weight is 265 g/mol. The third kappa shape index (κ3) is 3.94. The number of rotatable bonds is 6. The van der Waals surface area contributed by atoms with Crippen molar-refractivity contribution in [2.45, 2.75) is 17.7 Å². The highest BCUT2D eigenvalue weighted by Crippen LogP contribution is 2.17.